The minimum atomic E-state index is -0.329. The van der Waals surface area contributed by atoms with Crippen LogP contribution in [-0.2, 0) is 6.42 Å². The fraction of sp³-hybridized carbons (Fsp3) is 0.538. The first kappa shape index (κ1) is 11.3. The first-order valence-electron chi connectivity index (χ1n) is 5.74. The van der Waals surface area contributed by atoms with Crippen molar-refractivity contribution in [1.29, 1.82) is 0 Å². The molecule has 1 unspecified atom stereocenters. The number of rotatable bonds is 2. The molecule has 3 heteroatoms. The van der Waals surface area contributed by atoms with Crippen LogP contribution in [0.3, 0.4) is 0 Å². The standard InChI is InChI=1S/C13H18O3/c1-9-6-11(7-10(2)14)8-12-13(9)16-5-3-4-15-12/h6,8,10,14H,3-5,7H2,1-2H3. The number of aliphatic hydroxyl groups is 1. The lowest BCUT2D eigenvalue weighted by atomic mass is 10.0. The predicted octanol–water partition coefficient (Wildman–Crippen LogP) is 2.08. The Morgan fingerprint density at radius 3 is 2.81 bits per heavy atom. The molecule has 1 aromatic rings. The van der Waals surface area contributed by atoms with Crippen LogP contribution >= 0.6 is 0 Å². The van der Waals surface area contributed by atoms with E-state index < -0.39 is 0 Å². The van der Waals surface area contributed by atoms with Crippen molar-refractivity contribution >= 4 is 0 Å². The van der Waals surface area contributed by atoms with E-state index in [0.29, 0.717) is 19.6 Å². The SMILES string of the molecule is Cc1cc(CC(C)O)cc2c1OCCCO2. The van der Waals surface area contributed by atoms with Gasteiger partial charge in [0.05, 0.1) is 19.3 Å². The van der Waals surface area contributed by atoms with Crippen LogP contribution in [0.4, 0.5) is 0 Å². The van der Waals surface area contributed by atoms with E-state index in [1.807, 2.05) is 13.0 Å². The summed E-state index contributed by atoms with van der Waals surface area (Å²) in [4.78, 5) is 0. The zero-order valence-electron chi connectivity index (χ0n) is 9.82. The molecule has 1 aliphatic heterocycles. The van der Waals surface area contributed by atoms with E-state index in [-0.39, 0.29) is 6.10 Å². The summed E-state index contributed by atoms with van der Waals surface area (Å²) in [7, 11) is 0. The molecule has 0 fully saturated rings. The van der Waals surface area contributed by atoms with E-state index in [2.05, 4.69) is 6.07 Å². The molecule has 2 rings (SSSR count). The van der Waals surface area contributed by atoms with Crippen LogP contribution in [0.5, 0.6) is 11.5 Å². The highest BCUT2D eigenvalue weighted by Gasteiger charge is 2.14. The third kappa shape index (κ3) is 2.47. The Morgan fingerprint density at radius 2 is 2.06 bits per heavy atom. The van der Waals surface area contributed by atoms with Crippen LogP contribution in [-0.4, -0.2) is 24.4 Å². The molecule has 16 heavy (non-hydrogen) atoms. The van der Waals surface area contributed by atoms with Gasteiger partial charge in [0.1, 0.15) is 0 Å². The van der Waals surface area contributed by atoms with Crippen molar-refractivity contribution in [1.82, 2.24) is 0 Å². The van der Waals surface area contributed by atoms with E-state index in [1.54, 1.807) is 6.92 Å². The summed E-state index contributed by atoms with van der Waals surface area (Å²) in [6.07, 6.45) is 1.24. The summed E-state index contributed by atoms with van der Waals surface area (Å²) >= 11 is 0. The first-order valence-corrected chi connectivity index (χ1v) is 5.74. The monoisotopic (exact) mass is 222 g/mol. The molecule has 1 atom stereocenters. The number of aryl methyl sites for hydroxylation is 1. The molecule has 1 aliphatic rings. The lowest BCUT2D eigenvalue weighted by Gasteiger charge is -2.13. The molecule has 1 N–H and O–H groups in total. The first-order chi connectivity index (χ1) is 7.66. The van der Waals surface area contributed by atoms with E-state index in [9.17, 15) is 5.11 Å². The van der Waals surface area contributed by atoms with Crippen LogP contribution in [0, 0.1) is 6.92 Å². The summed E-state index contributed by atoms with van der Waals surface area (Å²) in [6.45, 7) is 5.21. The summed E-state index contributed by atoms with van der Waals surface area (Å²) in [5.41, 5.74) is 2.17. The van der Waals surface area contributed by atoms with Crippen LogP contribution in [0.15, 0.2) is 12.1 Å². The topological polar surface area (TPSA) is 38.7 Å². The largest absolute Gasteiger partial charge is 0.490 e. The minimum Gasteiger partial charge on any atom is -0.490 e. The van der Waals surface area contributed by atoms with Gasteiger partial charge in [-0.2, -0.15) is 0 Å². The molecule has 1 aromatic carbocycles. The van der Waals surface area contributed by atoms with Gasteiger partial charge < -0.3 is 14.6 Å². The molecule has 0 radical (unpaired) electrons. The molecule has 0 spiro atoms. The predicted molar refractivity (Wildman–Crippen MR) is 62.2 cm³/mol. The lowest BCUT2D eigenvalue weighted by molar-refractivity contribution is 0.195. The molecule has 1 heterocycles. The number of aliphatic hydroxyl groups excluding tert-OH is 1. The average Bonchev–Trinajstić information content (AvgIpc) is 2.41. The summed E-state index contributed by atoms with van der Waals surface area (Å²) in [6, 6.07) is 4.03. The van der Waals surface area contributed by atoms with Crippen LogP contribution in [0.1, 0.15) is 24.5 Å². The van der Waals surface area contributed by atoms with Crippen molar-refractivity contribution in [3.8, 4) is 11.5 Å². The Morgan fingerprint density at radius 1 is 1.31 bits per heavy atom. The normalized spacial score (nSPS) is 16.7. The second kappa shape index (κ2) is 4.74. The summed E-state index contributed by atoms with van der Waals surface area (Å²) in [5, 5.41) is 9.38. The van der Waals surface area contributed by atoms with Gasteiger partial charge >= 0.3 is 0 Å². The maximum absolute atomic E-state index is 9.38. The smallest absolute Gasteiger partial charge is 0.164 e. The highest BCUT2D eigenvalue weighted by Crippen LogP contribution is 2.34. The van der Waals surface area contributed by atoms with Crippen LogP contribution < -0.4 is 9.47 Å². The van der Waals surface area contributed by atoms with Gasteiger partial charge in [-0.3, -0.25) is 0 Å². The molecule has 0 saturated carbocycles. The number of benzene rings is 1. The molecular formula is C13H18O3. The molecule has 88 valence electrons. The second-order valence-corrected chi connectivity index (χ2v) is 4.34. The van der Waals surface area contributed by atoms with Crippen molar-refractivity contribution in [3.05, 3.63) is 23.3 Å². The Hall–Kier alpha value is -1.22. The van der Waals surface area contributed by atoms with Crippen molar-refractivity contribution < 1.29 is 14.6 Å². The molecular weight excluding hydrogens is 204 g/mol. The lowest BCUT2D eigenvalue weighted by Crippen LogP contribution is -2.05. The van der Waals surface area contributed by atoms with Crippen molar-refractivity contribution in [2.24, 2.45) is 0 Å². The maximum atomic E-state index is 9.38. The highest BCUT2D eigenvalue weighted by molar-refractivity contribution is 5.49. The van der Waals surface area contributed by atoms with E-state index in [1.165, 1.54) is 0 Å². The fourth-order valence-corrected chi connectivity index (χ4v) is 1.98. The number of fused-ring (bicyclic) bond motifs is 1. The highest BCUT2D eigenvalue weighted by atomic mass is 16.5. The third-order valence-electron chi connectivity index (χ3n) is 2.62. The van der Waals surface area contributed by atoms with Crippen molar-refractivity contribution in [2.75, 3.05) is 13.2 Å². The average molecular weight is 222 g/mol. The molecule has 3 nitrogen and oxygen atoms in total. The molecule has 0 aliphatic carbocycles. The van der Waals surface area contributed by atoms with Gasteiger partial charge in [-0.05, 0) is 37.5 Å². The summed E-state index contributed by atoms with van der Waals surface area (Å²) in [5.74, 6) is 1.67. The Kier molecular flexibility index (Phi) is 3.34. The van der Waals surface area contributed by atoms with Gasteiger partial charge in [-0.25, -0.2) is 0 Å². The summed E-state index contributed by atoms with van der Waals surface area (Å²) < 4.78 is 11.3. The van der Waals surface area contributed by atoms with Crippen molar-refractivity contribution in [2.45, 2.75) is 32.8 Å². The van der Waals surface area contributed by atoms with Crippen LogP contribution in [0.25, 0.3) is 0 Å². The maximum Gasteiger partial charge on any atom is 0.164 e. The zero-order valence-corrected chi connectivity index (χ0v) is 9.82. The number of ether oxygens (including phenoxy) is 2. The Labute approximate surface area is 96.0 Å². The number of hydrogen-bond acceptors (Lipinski definition) is 3. The van der Waals surface area contributed by atoms with Gasteiger partial charge in [0.15, 0.2) is 11.5 Å². The Bertz CT molecular complexity index is 372. The van der Waals surface area contributed by atoms with Gasteiger partial charge in [0, 0.05) is 6.42 Å². The van der Waals surface area contributed by atoms with Gasteiger partial charge in [0.2, 0.25) is 0 Å². The van der Waals surface area contributed by atoms with Gasteiger partial charge in [0.25, 0.3) is 0 Å². The zero-order chi connectivity index (χ0) is 11.5. The minimum absolute atomic E-state index is 0.329. The third-order valence-corrected chi connectivity index (χ3v) is 2.62. The van der Waals surface area contributed by atoms with Gasteiger partial charge in [-0.15, -0.1) is 0 Å². The Balaban J connectivity index is 2.32. The van der Waals surface area contributed by atoms with Crippen LogP contribution in [0.2, 0.25) is 0 Å². The molecule has 0 bridgehead atoms. The van der Waals surface area contributed by atoms with E-state index >= 15 is 0 Å². The molecule has 0 amide bonds. The second-order valence-electron chi connectivity index (χ2n) is 4.34. The molecule has 0 aromatic heterocycles. The number of hydrogen-bond donors (Lipinski definition) is 1. The van der Waals surface area contributed by atoms with Gasteiger partial charge in [-0.1, -0.05) is 6.07 Å². The van der Waals surface area contributed by atoms with E-state index in [0.717, 1.165) is 29.0 Å². The quantitative estimate of drug-likeness (QED) is 0.832. The molecule has 0 saturated heterocycles. The fourth-order valence-electron chi connectivity index (χ4n) is 1.98. The van der Waals surface area contributed by atoms with Crippen molar-refractivity contribution in [3.63, 3.8) is 0 Å². The van der Waals surface area contributed by atoms with E-state index in [4.69, 9.17) is 9.47 Å².